The smallest absolute Gasteiger partial charge is 0.276 e. The van der Waals surface area contributed by atoms with Crippen LogP contribution in [-0.4, -0.2) is 35.5 Å². The molecule has 0 atom stereocenters. The lowest BCUT2D eigenvalue weighted by atomic mass is 10.1. The molecule has 0 saturated carbocycles. The second-order valence-electron chi connectivity index (χ2n) is 6.06. The number of benzene rings is 1. The predicted molar refractivity (Wildman–Crippen MR) is 98.1 cm³/mol. The van der Waals surface area contributed by atoms with Crippen molar-refractivity contribution < 1.29 is 14.1 Å². The van der Waals surface area contributed by atoms with Crippen molar-refractivity contribution in [3.8, 4) is 11.3 Å². The van der Waals surface area contributed by atoms with Crippen molar-refractivity contribution in [1.82, 2.24) is 15.4 Å². The molecule has 0 saturated heterocycles. The van der Waals surface area contributed by atoms with E-state index in [1.54, 1.807) is 18.0 Å². The van der Waals surface area contributed by atoms with Gasteiger partial charge in [-0.15, -0.1) is 11.3 Å². The highest BCUT2D eigenvalue weighted by molar-refractivity contribution is 7.14. The van der Waals surface area contributed by atoms with E-state index in [1.165, 1.54) is 11.3 Å². The first-order chi connectivity index (χ1) is 12.7. The molecule has 26 heavy (non-hydrogen) atoms. The maximum atomic E-state index is 12.8. The van der Waals surface area contributed by atoms with Gasteiger partial charge in [-0.25, -0.2) is 0 Å². The third kappa shape index (κ3) is 3.01. The maximum Gasteiger partial charge on any atom is 0.276 e. The van der Waals surface area contributed by atoms with Gasteiger partial charge in [-0.1, -0.05) is 35.5 Å². The van der Waals surface area contributed by atoms with Crippen LogP contribution in [0.1, 0.15) is 30.6 Å². The summed E-state index contributed by atoms with van der Waals surface area (Å²) in [6.45, 7) is 1.09. The van der Waals surface area contributed by atoms with Crippen molar-refractivity contribution >= 4 is 23.2 Å². The number of nitrogens with one attached hydrogen (secondary N) is 1. The second-order valence-corrected chi connectivity index (χ2v) is 7.19. The molecule has 3 heterocycles. The second kappa shape index (κ2) is 6.76. The molecule has 4 rings (SSSR count). The fourth-order valence-corrected chi connectivity index (χ4v) is 4.13. The van der Waals surface area contributed by atoms with E-state index >= 15 is 0 Å². The van der Waals surface area contributed by atoms with E-state index in [1.807, 2.05) is 36.4 Å². The Labute approximate surface area is 154 Å². The normalized spacial score (nSPS) is 13.3. The molecule has 2 aromatic heterocycles. The monoisotopic (exact) mass is 367 g/mol. The lowest BCUT2D eigenvalue weighted by Crippen LogP contribution is -2.35. The lowest BCUT2D eigenvalue weighted by molar-refractivity contribution is 0.0725. The van der Waals surface area contributed by atoms with Crippen LogP contribution in [-0.2, 0) is 13.0 Å². The Bertz CT molecular complexity index is 962. The highest BCUT2D eigenvalue weighted by Gasteiger charge is 2.26. The van der Waals surface area contributed by atoms with Crippen LogP contribution >= 0.6 is 11.3 Å². The number of thiophene rings is 1. The summed E-state index contributed by atoms with van der Waals surface area (Å²) in [6.07, 6.45) is 0.742. The summed E-state index contributed by atoms with van der Waals surface area (Å²) in [4.78, 5) is 28.2. The molecule has 1 N–H and O–H groups in total. The molecule has 2 amide bonds. The van der Waals surface area contributed by atoms with E-state index in [2.05, 4.69) is 10.5 Å². The van der Waals surface area contributed by atoms with Gasteiger partial charge in [0.1, 0.15) is 0 Å². The van der Waals surface area contributed by atoms with Crippen molar-refractivity contribution in [2.75, 3.05) is 13.6 Å². The Morgan fingerprint density at radius 1 is 1.23 bits per heavy atom. The summed E-state index contributed by atoms with van der Waals surface area (Å²) in [5.74, 6) is 0.324. The number of fused-ring (bicyclic) bond motifs is 1. The molecular weight excluding hydrogens is 350 g/mol. The van der Waals surface area contributed by atoms with E-state index in [0.717, 1.165) is 22.4 Å². The number of nitrogens with zero attached hydrogens (tertiary/aromatic N) is 2. The third-order valence-corrected chi connectivity index (χ3v) is 5.63. The van der Waals surface area contributed by atoms with Crippen LogP contribution in [0.5, 0.6) is 0 Å². The fourth-order valence-electron chi connectivity index (χ4n) is 3.02. The number of amides is 2. The summed E-state index contributed by atoms with van der Waals surface area (Å²) in [5, 5.41) is 6.58. The zero-order valence-electron chi connectivity index (χ0n) is 14.2. The van der Waals surface area contributed by atoms with Gasteiger partial charge in [0.05, 0.1) is 4.88 Å². The molecular formula is C19H17N3O3S. The van der Waals surface area contributed by atoms with Crippen LogP contribution in [0, 0.1) is 0 Å². The summed E-state index contributed by atoms with van der Waals surface area (Å²) >= 11 is 1.49. The van der Waals surface area contributed by atoms with Gasteiger partial charge in [0.15, 0.2) is 11.5 Å². The number of hydrogen-bond donors (Lipinski definition) is 1. The van der Waals surface area contributed by atoms with Gasteiger partial charge in [0.2, 0.25) is 0 Å². The molecule has 0 unspecified atom stereocenters. The van der Waals surface area contributed by atoms with Crippen LogP contribution in [0.3, 0.4) is 0 Å². The Morgan fingerprint density at radius 2 is 2.04 bits per heavy atom. The standard InChI is InChI=1S/C19H17N3O3S/c1-20-18(23)17-9-13-11-22(8-7-16(13)26-17)19(24)14-10-15(25-21-14)12-5-3-2-4-6-12/h2-6,9-10H,7-8,11H2,1H3,(H,20,23). The largest absolute Gasteiger partial charge is 0.355 e. The van der Waals surface area contributed by atoms with Crippen LogP contribution in [0.15, 0.2) is 47.0 Å². The Morgan fingerprint density at radius 3 is 2.81 bits per heavy atom. The molecule has 132 valence electrons. The predicted octanol–water partition coefficient (Wildman–Crippen LogP) is 2.96. The molecule has 6 nitrogen and oxygen atoms in total. The minimum absolute atomic E-state index is 0.0914. The molecule has 1 aliphatic heterocycles. The fraction of sp³-hybridized carbons (Fsp3) is 0.211. The molecule has 7 heteroatoms. The van der Waals surface area contributed by atoms with Gasteiger partial charge in [-0.2, -0.15) is 0 Å². The molecule has 0 radical (unpaired) electrons. The van der Waals surface area contributed by atoms with E-state index in [4.69, 9.17) is 4.52 Å². The first-order valence-electron chi connectivity index (χ1n) is 8.31. The Kier molecular flexibility index (Phi) is 4.30. The number of carbonyl (C=O) groups excluding carboxylic acids is 2. The van der Waals surface area contributed by atoms with Crippen molar-refractivity contribution in [3.63, 3.8) is 0 Å². The Balaban J connectivity index is 1.52. The van der Waals surface area contributed by atoms with Crippen LogP contribution in [0.25, 0.3) is 11.3 Å². The van der Waals surface area contributed by atoms with E-state index in [0.29, 0.717) is 29.4 Å². The Hall–Kier alpha value is -2.93. The van der Waals surface area contributed by atoms with Crippen molar-refractivity contribution in [1.29, 1.82) is 0 Å². The highest BCUT2D eigenvalue weighted by atomic mass is 32.1. The van der Waals surface area contributed by atoms with Crippen molar-refractivity contribution in [2.45, 2.75) is 13.0 Å². The average molecular weight is 367 g/mol. The van der Waals surface area contributed by atoms with Gasteiger partial charge in [0.25, 0.3) is 11.8 Å². The number of hydrogen-bond acceptors (Lipinski definition) is 5. The number of aromatic nitrogens is 1. The maximum absolute atomic E-state index is 12.8. The van der Waals surface area contributed by atoms with Crippen molar-refractivity contribution in [3.05, 3.63) is 63.5 Å². The van der Waals surface area contributed by atoms with Crippen LogP contribution in [0.4, 0.5) is 0 Å². The minimum Gasteiger partial charge on any atom is -0.355 e. The van der Waals surface area contributed by atoms with Gasteiger partial charge < -0.3 is 14.7 Å². The molecule has 1 aliphatic rings. The highest BCUT2D eigenvalue weighted by Crippen LogP contribution is 2.29. The van der Waals surface area contributed by atoms with Gasteiger partial charge in [-0.05, 0) is 18.1 Å². The van der Waals surface area contributed by atoms with Crippen LogP contribution in [0.2, 0.25) is 0 Å². The van der Waals surface area contributed by atoms with Gasteiger partial charge in [-0.3, -0.25) is 9.59 Å². The molecule has 0 fully saturated rings. The zero-order chi connectivity index (χ0) is 18.1. The SMILES string of the molecule is CNC(=O)c1cc2c(s1)CCN(C(=O)c1cc(-c3ccccc3)on1)C2. The molecule has 3 aromatic rings. The van der Waals surface area contributed by atoms with Crippen molar-refractivity contribution in [2.24, 2.45) is 0 Å². The van der Waals surface area contributed by atoms with E-state index in [-0.39, 0.29) is 11.8 Å². The minimum atomic E-state index is -0.158. The number of carbonyl (C=O) groups is 2. The first kappa shape index (κ1) is 16.5. The summed E-state index contributed by atoms with van der Waals surface area (Å²) in [6, 6.07) is 13.1. The average Bonchev–Trinajstić information content (AvgIpc) is 3.34. The van der Waals surface area contributed by atoms with E-state index in [9.17, 15) is 9.59 Å². The zero-order valence-corrected chi connectivity index (χ0v) is 15.0. The summed E-state index contributed by atoms with van der Waals surface area (Å²) in [7, 11) is 1.62. The number of rotatable bonds is 3. The molecule has 1 aromatic carbocycles. The van der Waals surface area contributed by atoms with E-state index < -0.39 is 0 Å². The van der Waals surface area contributed by atoms with Crippen LogP contribution < -0.4 is 5.32 Å². The molecule has 0 bridgehead atoms. The van der Waals surface area contributed by atoms with Gasteiger partial charge in [0, 0.05) is 36.6 Å². The summed E-state index contributed by atoms with van der Waals surface area (Å²) in [5.41, 5.74) is 2.21. The molecule has 0 spiro atoms. The lowest BCUT2D eigenvalue weighted by Gasteiger charge is -2.25. The molecule has 0 aliphatic carbocycles. The first-order valence-corrected chi connectivity index (χ1v) is 9.12. The van der Waals surface area contributed by atoms with Gasteiger partial charge >= 0.3 is 0 Å². The third-order valence-electron chi connectivity index (χ3n) is 4.39. The summed E-state index contributed by atoms with van der Waals surface area (Å²) < 4.78 is 5.33. The topological polar surface area (TPSA) is 75.4 Å². The quantitative estimate of drug-likeness (QED) is 0.772.